The quantitative estimate of drug-likeness (QED) is 0.491. The lowest BCUT2D eigenvalue weighted by molar-refractivity contribution is -0.146. The largest absolute Gasteiger partial charge is 0.466 e. The van der Waals surface area contributed by atoms with E-state index in [0.717, 1.165) is 12.8 Å². The molecule has 15 heavy (non-hydrogen) atoms. The summed E-state index contributed by atoms with van der Waals surface area (Å²) >= 11 is 0. The van der Waals surface area contributed by atoms with Crippen LogP contribution in [-0.2, 0) is 14.3 Å². The highest BCUT2D eigenvalue weighted by atomic mass is 16.5. The standard InChI is InChI=1S/C10H18N2O3/c1-2-3-6-15-9(13)7-8-10(14)12-5-4-11-8/h8,11H,2-7H2,1H3,(H,12,14)/t8-/m1/s1. The molecule has 0 aliphatic carbocycles. The van der Waals surface area contributed by atoms with Gasteiger partial charge in [-0.05, 0) is 6.42 Å². The number of carbonyl (C=O) groups excluding carboxylic acids is 2. The van der Waals surface area contributed by atoms with Gasteiger partial charge in [-0.2, -0.15) is 0 Å². The minimum atomic E-state index is -0.423. The molecule has 0 spiro atoms. The number of esters is 1. The fraction of sp³-hybridized carbons (Fsp3) is 0.800. The van der Waals surface area contributed by atoms with E-state index in [4.69, 9.17) is 4.74 Å². The fourth-order valence-corrected chi connectivity index (χ4v) is 1.37. The average Bonchev–Trinajstić information content (AvgIpc) is 2.22. The number of nitrogens with one attached hydrogen (secondary N) is 2. The predicted molar refractivity (Wildman–Crippen MR) is 55.3 cm³/mol. The first-order valence-corrected chi connectivity index (χ1v) is 5.40. The Bertz CT molecular complexity index is 231. The number of carbonyl (C=O) groups is 2. The normalized spacial score (nSPS) is 20.9. The van der Waals surface area contributed by atoms with Gasteiger partial charge < -0.3 is 15.4 Å². The Morgan fingerprint density at radius 1 is 1.53 bits per heavy atom. The Balaban J connectivity index is 2.21. The summed E-state index contributed by atoms with van der Waals surface area (Å²) in [6, 6.07) is -0.423. The van der Waals surface area contributed by atoms with Gasteiger partial charge in [0.2, 0.25) is 5.91 Å². The molecule has 0 saturated carbocycles. The van der Waals surface area contributed by atoms with Crippen molar-refractivity contribution >= 4 is 11.9 Å². The molecule has 1 atom stereocenters. The second-order valence-electron chi connectivity index (χ2n) is 3.58. The molecule has 5 heteroatoms. The first-order chi connectivity index (χ1) is 7.24. The van der Waals surface area contributed by atoms with Gasteiger partial charge in [-0.3, -0.25) is 9.59 Å². The molecule has 5 nitrogen and oxygen atoms in total. The number of hydrogen-bond donors (Lipinski definition) is 2. The van der Waals surface area contributed by atoms with E-state index in [1.54, 1.807) is 0 Å². The number of rotatable bonds is 5. The topological polar surface area (TPSA) is 67.4 Å². The van der Waals surface area contributed by atoms with Gasteiger partial charge in [0.1, 0.15) is 0 Å². The number of unbranched alkanes of at least 4 members (excludes halogenated alkanes) is 1. The smallest absolute Gasteiger partial charge is 0.307 e. The minimum Gasteiger partial charge on any atom is -0.466 e. The van der Waals surface area contributed by atoms with E-state index in [2.05, 4.69) is 10.6 Å². The lowest BCUT2D eigenvalue weighted by Crippen LogP contribution is -2.53. The molecule has 1 aliphatic heterocycles. The highest BCUT2D eigenvalue weighted by molar-refractivity contribution is 5.87. The monoisotopic (exact) mass is 214 g/mol. The molecular formula is C10H18N2O3. The number of amides is 1. The van der Waals surface area contributed by atoms with Gasteiger partial charge in [0.05, 0.1) is 19.1 Å². The van der Waals surface area contributed by atoms with E-state index >= 15 is 0 Å². The third-order valence-corrected chi connectivity index (χ3v) is 2.26. The molecule has 0 unspecified atom stereocenters. The van der Waals surface area contributed by atoms with Crippen LogP contribution in [0, 0.1) is 0 Å². The second-order valence-corrected chi connectivity index (χ2v) is 3.58. The van der Waals surface area contributed by atoms with Gasteiger partial charge in [-0.1, -0.05) is 13.3 Å². The zero-order valence-corrected chi connectivity index (χ0v) is 9.04. The molecule has 1 rings (SSSR count). The molecular weight excluding hydrogens is 196 g/mol. The molecule has 0 aromatic heterocycles. The summed E-state index contributed by atoms with van der Waals surface area (Å²) in [4.78, 5) is 22.6. The van der Waals surface area contributed by atoms with E-state index in [1.165, 1.54) is 0 Å². The Hall–Kier alpha value is -1.10. The van der Waals surface area contributed by atoms with Crippen LogP contribution in [-0.4, -0.2) is 37.6 Å². The third kappa shape index (κ3) is 4.29. The van der Waals surface area contributed by atoms with Crippen molar-refractivity contribution in [3.05, 3.63) is 0 Å². The van der Waals surface area contributed by atoms with Crippen molar-refractivity contribution in [2.45, 2.75) is 32.2 Å². The van der Waals surface area contributed by atoms with Crippen LogP contribution in [0.2, 0.25) is 0 Å². The maximum atomic E-state index is 11.3. The summed E-state index contributed by atoms with van der Waals surface area (Å²) < 4.78 is 4.97. The van der Waals surface area contributed by atoms with Crippen LogP contribution in [0.15, 0.2) is 0 Å². The van der Waals surface area contributed by atoms with Crippen LogP contribution in [0.4, 0.5) is 0 Å². The van der Waals surface area contributed by atoms with Crippen molar-refractivity contribution in [3.63, 3.8) is 0 Å². The van der Waals surface area contributed by atoms with Crippen molar-refractivity contribution in [1.82, 2.24) is 10.6 Å². The van der Waals surface area contributed by atoms with Crippen LogP contribution in [0.5, 0.6) is 0 Å². The lowest BCUT2D eigenvalue weighted by Gasteiger charge is -2.22. The minimum absolute atomic E-state index is 0.117. The van der Waals surface area contributed by atoms with Gasteiger partial charge in [-0.15, -0.1) is 0 Å². The second kappa shape index (κ2) is 6.40. The van der Waals surface area contributed by atoms with Crippen LogP contribution in [0.1, 0.15) is 26.2 Å². The molecule has 2 N–H and O–H groups in total. The Kier molecular flexibility index (Phi) is 5.10. The van der Waals surface area contributed by atoms with E-state index in [-0.39, 0.29) is 18.3 Å². The molecule has 1 aliphatic rings. The molecule has 1 heterocycles. The Morgan fingerprint density at radius 3 is 3.00 bits per heavy atom. The SMILES string of the molecule is CCCCOC(=O)C[C@H]1NCCNC1=O. The van der Waals surface area contributed by atoms with E-state index in [0.29, 0.717) is 19.7 Å². The summed E-state index contributed by atoms with van der Waals surface area (Å²) in [7, 11) is 0. The van der Waals surface area contributed by atoms with Gasteiger partial charge in [0.25, 0.3) is 0 Å². The van der Waals surface area contributed by atoms with Crippen LogP contribution >= 0.6 is 0 Å². The summed E-state index contributed by atoms with van der Waals surface area (Å²) in [5, 5.41) is 5.67. The lowest BCUT2D eigenvalue weighted by atomic mass is 10.1. The van der Waals surface area contributed by atoms with Crippen molar-refractivity contribution < 1.29 is 14.3 Å². The molecule has 1 saturated heterocycles. The molecule has 0 aromatic rings. The molecule has 1 fully saturated rings. The van der Waals surface area contributed by atoms with Crippen molar-refractivity contribution in [3.8, 4) is 0 Å². The highest BCUT2D eigenvalue weighted by Gasteiger charge is 2.24. The van der Waals surface area contributed by atoms with E-state index in [9.17, 15) is 9.59 Å². The number of hydrogen-bond acceptors (Lipinski definition) is 4. The first kappa shape index (κ1) is 12.0. The summed E-state index contributed by atoms with van der Waals surface area (Å²) in [5.74, 6) is -0.424. The van der Waals surface area contributed by atoms with Crippen molar-refractivity contribution in [2.24, 2.45) is 0 Å². The third-order valence-electron chi connectivity index (χ3n) is 2.26. The number of piperazine rings is 1. The van der Waals surface area contributed by atoms with Gasteiger partial charge in [0.15, 0.2) is 0 Å². The molecule has 0 radical (unpaired) electrons. The summed E-state index contributed by atoms with van der Waals surface area (Å²) in [6.45, 7) is 3.81. The van der Waals surface area contributed by atoms with Gasteiger partial charge in [0, 0.05) is 13.1 Å². The zero-order chi connectivity index (χ0) is 11.1. The predicted octanol–water partition coefficient (Wildman–Crippen LogP) is -0.192. The first-order valence-electron chi connectivity index (χ1n) is 5.40. The number of ether oxygens (including phenoxy) is 1. The Morgan fingerprint density at radius 2 is 2.33 bits per heavy atom. The van der Waals surface area contributed by atoms with Crippen LogP contribution < -0.4 is 10.6 Å². The van der Waals surface area contributed by atoms with Crippen molar-refractivity contribution in [2.75, 3.05) is 19.7 Å². The fourth-order valence-electron chi connectivity index (χ4n) is 1.37. The molecule has 0 bridgehead atoms. The summed E-state index contributed by atoms with van der Waals surface area (Å²) in [5.41, 5.74) is 0. The summed E-state index contributed by atoms with van der Waals surface area (Å²) in [6.07, 6.45) is 1.99. The van der Waals surface area contributed by atoms with E-state index in [1.807, 2.05) is 6.92 Å². The van der Waals surface area contributed by atoms with Gasteiger partial charge >= 0.3 is 5.97 Å². The Labute approximate surface area is 89.6 Å². The average molecular weight is 214 g/mol. The molecule has 1 amide bonds. The van der Waals surface area contributed by atoms with E-state index < -0.39 is 6.04 Å². The van der Waals surface area contributed by atoms with Crippen LogP contribution in [0.25, 0.3) is 0 Å². The van der Waals surface area contributed by atoms with Crippen LogP contribution in [0.3, 0.4) is 0 Å². The molecule has 0 aromatic carbocycles. The van der Waals surface area contributed by atoms with Gasteiger partial charge in [-0.25, -0.2) is 0 Å². The van der Waals surface area contributed by atoms with Crippen molar-refractivity contribution in [1.29, 1.82) is 0 Å². The zero-order valence-electron chi connectivity index (χ0n) is 9.04. The maximum absolute atomic E-state index is 11.3. The highest BCUT2D eigenvalue weighted by Crippen LogP contribution is 1.99. The maximum Gasteiger partial charge on any atom is 0.307 e. The molecule has 86 valence electrons.